The van der Waals surface area contributed by atoms with Crippen LogP contribution in [0.1, 0.15) is 32.1 Å². The lowest BCUT2D eigenvalue weighted by Gasteiger charge is -2.48. The number of esters is 1. The Morgan fingerprint density at radius 3 is 2.46 bits per heavy atom. The van der Waals surface area contributed by atoms with Crippen LogP contribution in [0, 0.1) is 4.64 Å². The van der Waals surface area contributed by atoms with Crippen LogP contribution in [-0.4, -0.2) is 202 Å². The summed E-state index contributed by atoms with van der Waals surface area (Å²) >= 11 is 6.20. The fourth-order valence-corrected chi connectivity index (χ4v) is 12.3. The molecule has 34 heteroatoms. The number of rotatable bonds is 17. The Hall–Kier alpha value is -4.04. The van der Waals surface area contributed by atoms with Gasteiger partial charge in [-0.15, -0.1) is 11.8 Å². The lowest BCUT2D eigenvalue weighted by Crippen LogP contribution is -2.67. The van der Waals surface area contributed by atoms with E-state index >= 15 is 0 Å². The number of fused-ring (bicyclic) bond motifs is 2. The molecular weight excluding hydrogens is 1070 g/mol. The minimum atomic E-state index is -5.17. The average Bonchev–Trinajstić information content (AvgIpc) is 3.89. The molecule has 5 aliphatic rings. The van der Waals surface area contributed by atoms with Crippen LogP contribution in [0.15, 0.2) is 37.2 Å². The Labute approximate surface area is 428 Å². The molecule has 0 radical (unpaired) electrons. The zero-order chi connectivity index (χ0) is 53.6. The molecule has 8 rings (SSSR count). The number of hydrogen-bond acceptors (Lipinski definition) is 27. The monoisotopic (exact) mass is 1130 g/mol. The van der Waals surface area contributed by atoms with Gasteiger partial charge in [-0.05, 0) is 24.3 Å². The van der Waals surface area contributed by atoms with Crippen molar-refractivity contribution in [3.63, 3.8) is 0 Å². The summed E-state index contributed by atoms with van der Waals surface area (Å²) in [6.07, 6.45) is -19.8. The van der Waals surface area contributed by atoms with E-state index in [1.165, 1.54) is 29.1 Å². The molecule has 74 heavy (non-hydrogen) atoms. The molecule has 0 bridgehead atoms. The molecule has 1 aromatic carbocycles. The highest BCUT2D eigenvalue weighted by Gasteiger charge is 2.54. The number of nitrogen functional groups attached to an aromatic ring is 1. The van der Waals surface area contributed by atoms with Gasteiger partial charge in [0.15, 0.2) is 29.2 Å². The number of benzene rings is 1. The third-order valence-corrected chi connectivity index (χ3v) is 16.0. The highest BCUT2D eigenvalue weighted by atomic mass is 32.2. The number of carbonyl (C=O) groups excluding carboxylic acids is 2. The summed E-state index contributed by atoms with van der Waals surface area (Å²) in [5.74, 6) is -1.53. The Bertz CT molecular complexity index is 2760. The van der Waals surface area contributed by atoms with E-state index in [-0.39, 0.29) is 46.3 Å². The lowest BCUT2D eigenvalue weighted by molar-refractivity contribution is -0.326. The number of thioether (sulfide) groups is 1. The van der Waals surface area contributed by atoms with E-state index in [0.29, 0.717) is 5.56 Å². The standard InChI is InChI=1S/C40H54N7O23PS3/c1-4-23(51)43-25-14(2)73-39(32(56)30(25)54)68-19-8-24(65-21(10-49)33(19)69-38-26(46-74(58,59)60)34(63-15(3)50)29(53)20(9-48)67-38)64-17-5-6-18-16(7-17)11-61-71(57,70-18)62-12-22-28(52)31(55)37(66-22)47-13-42-27-35(47)44-40(41)45-36(27)72/h4-7,13-14,19-22,24-26,28-34,37-39,46,48-49,52-56H,1,8-12H2,2-3H3,(H,43,51)(H,58,59,60)(H3,41,44,45,72)/t14-,19?,20+,21+,22+,24+,25+,26+,28+,29-,30+,31+,32-,33-,34+,37+,38+,39+,71?/m0/s1. The first-order valence-electron chi connectivity index (χ1n) is 22.5. The predicted molar refractivity (Wildman–Crippen MR) is 250 cm³/mol. The number of aliphatic hydroxyl groups excluding tert-OH is 7. The molecule has 0 aliphatic carbocycles. The molecule has 13 N–H and O–H groups in total. The SMILES string of the molecule is C=CC(=O)N[C@H]1[C@@H](O)[C@H](O)[C@H](OC2C[C@H](Oc3ccc4c(c3)COP(=O)(OC[C@H]3O[C@@H](n5cnc6c(=S)nc(N)[nH]c65)[C@H](O)[C@@H]3O)O4)O[C@H](CO)[C@H]2O[C@H]2O[C@H](CO)[C@H](O)[C@H](OC(C)=O)[C@H]2NS(=O)(=O)O)S[C@H]1C. The van der Waals surface area contributed by atoms with Crippen molar-refractivity contribution in [1.29, 1.82) is 0 Å². The van der Waals surface area contributed by atoms with Gasteiger partial charge in [-0.1, -0.05) is 25.7 Å². The van der Waals surface area contributed by atoms with Gasteiger partial charge in [-0.25, -0.2) is 14.5 Å². The van der Waals surface area contributed by atoms with E-state index in [0.717, 1.165) is 24.8 Å². The fourth-order valence-electron chi connectivity index (χ4n) is 8.88. The molecule has 7 heterocycles. The Morgan fingerprint density at radius 1 is 1.03 bits per heavy atom. The second-order valence-electron chi connectivity index (χ2n) is 17.5. The van der Waals surface area contributed by atoms with E-state index in [4.69, 9.17) is 64.7 Å². The van der Waals surface area contributed by atoms with E-state index in [1.807, 2.05) is 0 Å². The van der Waals surface area contributed by atoms with Gasteiger partial charge in [0.25, 0.3) is 0 Å². The molecule has 19 atom stereocenters. The fraction of sp³-hybridized carbons (Fsp3) is 0.625. The largest absolute Gasteiger partial charge is 0.530 e. The highest BCUT2D eigenvalue weighted by molar-refractivity contribution is 8.00. The number of aromatic amines is 1. The number of nitrogens with zero attached hydrogens (tertiary/aromatic N) is 3. The second kappa shape index (κ2) is 22.9. The Kier molecular flexibility index (Phi) is 17.4. The van der Waals surface area contributed by atoms with Crippen LogP contribution in [-0.2, 0) is 68.5 Å². The van der Waals surface area contributed by atoms with Gasteiger partial charge in [0.1, 0.15) is 89.1 Å². The number of aromatic nitrogens is 4. The minimum Gasteiger partial charge on any atom is -0.465 e. The van der Waals surface area contributed by atoms with Gasteiger partial charge in [0, 0.05) is 24.2 Å². The number of aliphatic hydroxyl groups is 7. The topological polar surface area (TPSA) is 436 Å². The van der Waals surface area contributed by atoms with E-state index in [1.54, 1.807) is 11.6 Å². The van der Waals surface area contributed by atoms with Gasteiger partial charge in [0.2, 0.25) is 12.2 Å². The number of ether oxygens (including phenoxy) is 7. The molecule has 30 nitrogen and oxygen atoms in total. The molecule has 4 fully saturated rings. The first-order valence-corrected chi connectivity index (χ1v) is 26.8. The van der Waals surface area contributed by atoms with Gasteiger partial charge >= 0.3 is 24.1 Å². The molecule has 4 saturated heterocycles. The number of phosphoric acid groups is 1. The zero-order valence-corrected chi connectivity index (χ0v) is 42.2. The molecule has 0 saturated carbocycles. The number of nitrogens with two attached hydrogens (primary N) is 1. The van der Waals surface area contributed by atoms with Crippen molar-refractivity contribution in [3.8, 4) is 11.5 Å². The first kappa shape index (κ1) is 56.2. The number of amides is 1. The van der Waals surface area contributed by atoms with Crippen molar-refractivity contribution >= 4 is 71.1 Å². The number of H-pyrrole nitrogens is 1. The van der Waals surface area contributed by atoms with Crippen LogP contribution in [0.5, 0.6) is 11.5 Å². The second-order valence-corrected chi connectivity index (χ2v) is 22.1. The molecule has 1 amide bonds. The summed E-state index contributed by atoms with van der Waals surface area (Å²) < 4.78 is 110. The third kappa shape index (κ3) is 12.2. The summed E-state index contributed by atoms with van der Waals surface area (Å²) in [6.45, 7) is 3.28. The number of carbonyl (C=O) groups is 2. The van der Waals surface area contributed by atoms with Crippen LogP contribution in [0.2, 0.25) is 0 Å². The van der Waals surface area contributed by atoms with E-state index in [9.17, 15) is 62.9 Å². The number of hydrogen-bond donors (Lipinski definition) is 12. The minimum absolute atomic E-state index is 0.0287. The van der Waals surface area contributed by atoms with Crippen LogP contribution in [0.25, 0.3) is 11.2 Å². The van der Waals surface area contributed by atoms with E-state index in [2.05, 4.69) is 26.8 Å². The van der Waals surface area contributed by atoms with Gasteiger partial charge < -0.3 is 89.5 Å². The Balaban J connectivity index is 0.986. The molecular formula is C40H54N7O23PS3. The summed E-state index contributed by atoms with van der Waals surface area (Å²) in [6, 6.07) is 1.32. The van der Waals surface area contributed by atoms with Crippen molar-refractivity contribution in [3.05, 3.63) is 47.4 Å². The zero-order valence-electron chi connectivity index (χ0n) is 38.8. The molecule has 410 valence electrons. The molecule has 3 aromatic rings. The van der Waals surface area contributed by atoms with Crippen molar-refractivity contribution in [2.45, 2.75) is 136 Å². The van der Waals surface area contributed by atoms with E-state index < -0.39 is 159 Å². The van der Waals surface area contributed by atoms with Crippen molar-refractivity contribution < 1.29 is 110 Å². The summed E-state index contributed by atoms with van der Waals surface area (Å²) in [5.41, 5.74) is 5.32. The van der Waals surface area contributed by atoms with Crippen molar-refractivity contribution in [2.75, 3.05) is 25.6 Å². The van der Waals surface area contributed by atoms with Crippen LogP contribution in [0.3, 0.4) is 0 Å². The maximum atomic E-state index is 13.7. The van der Waals surface area contributed by atoms with Crippen LogP contribution >= 0.6 is 31.8 Å². The number of phosphoric ester groups is 1. The highest BCUT2D eigenvalue weighted by Crippen LogP contribution is 2.55. The van der Waals surface area contributed by atoms with Gasteiger partial charge in [-0.3, -0.25) is 27.8 Å². The summed E-state index contributed by atoms with van der Waals surface area (Å²) in [7, 11) is -9.56. The molecule has 2 unspecified atom stereocenters. The number of nitrogens with one attached hydrogen (secondary N) is 3. The summed E-state index contributed by atoms with van der Waals surface area (Å²) in [5, 5.41) is 78.1. The first-order chi connectivity index (χ1) is 35.0. The Morgan fingerprint density at radius 2 is 1.77 bits per heavy atom. The van der Waals surface area contributed by atoms with Gasteiger partial charge in [-0.2, -0.15) is 13.1 Å². The maximum absolute atomic E-state index is 13.7. The van der Waals surface area contributed by atoms with Crippen molar-refractivity contribution in [1.82, 2.24) is 29.6 Å². The maximum Gasteiger partial charge on any atom is 0.530 e. The quantitative estimate of drug-likeness (QED) is 0.0215. The number of anilines is 1. The predicted octanol–water partition coefficient (Wildman–Crippen LogP) is -2.69. The smallest absolute Gasteiger partial charge is 0.465 e. The average molecular weight is 1130 g/mol. The summed E-state index contributed by atoms with van der Waals surface area (Å²) in [4.78, 5) is 35.2. The van der Waals surface area contributed by atoms with Crippen LogP contribution < -0.4 is 25.0 Å². The van der Waals surface area contributed by atoms with Crippen LogP contribution in [0.4, 0.5) is 5.95 Å². The molecule has 2 aromatic heterocycles. The molecule has 5 aliphatic heterocycles. The molecule has 0 spiro atoms. The van der Waals surface area contributed by atoms with Gasteiger partial charge in [0.05, 0.1) is 44.9 Å². The normalized spacial score (nSPS) is 37.4. The number of imidazole rings is 1. The lowest BCUT2D eigenvalue weighted by atomic mass is 9.96. The van der Waals surface area contributed by atoms with Crippen molar-refractivity contribution in [2.24, 2.45) is 0 Å². The third-order valence-electron chi connectivity index (χ3n) is 12.4.